The molecule has 2 heterocycles. The quantitative estimate of drug-likeness (QED) is 0.136. The fourth-order valence-corrected chi connectivity index (χ4v) is 10.6. The summed E-state index contributed by atoms with van der Waals surface area (Å²) in [6.45, 7) is 7.38. The maximum Gasteiger partial charge on any atom is 0.160 e. The van der Waals surface area contributed by atoms with Gasteiger partial charge in [-0.1, -0.05) is 136 Å². The highest BCUT2D eigenvalue weighted by atomic mass is 14.9. The van der Waals surface area contributed by atoms with Crippen LogP contribution in [0.4, 0.5) is 0 Å². The third-order valence-electron chi connectivity index (χ3n) is 13.8. The van der Waals surface area contributed by atoms with Crippen LogP contribution < -0.4 is 0 Å². The molecule has 4 unspecified atom stereocenters. The van der Waals surface area contributed by atoms with Crippen LogP contribution in [0.3, 0.4) is 0 Å². The highest BCUT2D eigenvalue weighted by molar-refractivity contribution is 6.15. The van der Waals surface area contributed by atoms with Gasteiger partial charge in [0.05, 0.1) is 11.4 Å². The van der Waals surface area contributed by atoms with Gasteiger partial charge in [0.1, 0.15) is 0 Å². The lowest BCUT2D eigenvalue weighted by molar-refractivity contribution is 0.154. The second kappa shape index (κ2) is 11.6. The van der Waals surface area contributed by atoms with Crippen LogP contribution in [-0.4, -0.2) is 9.97 Å². The lowest BCUT2D eigenvalue weighted by atomic mass is 9.60. The predicted octanol–water partition coefficient (Wildman–Crippen LogP) is 13.4. The number of nitrogens with zero attached hydrogens (tertiary/aromatic N) is 2. The molecule has 7 aromatic rings. The van der Waals surface area contributed by atoms with Crippen LogP contribution >= 0.6 is 0 Å². The minimum absolute atomic E-state index is 0.0848. The lowest BCUT2D eigenvalue weighted by Gasteiger charge is -2.44. The SMILES string of the molecule is CC1(C)c2cc(-c3ccc4ccc(-c5cccc(C6=Cc7c(c8ccccc8c8ccccc78)C7C=CC=CC67)c5)nc4n3)ccc2C2C=CCCC21C. The van der Waals surface area contributed by atoms with E-state index in [0.29, 0.717) is 5.92 Å². The largest absolute Gasteiger partial charge is 0.228 e. The number of rotatable bonds is 3. The van der Waals surface area contributed by atoms with E-state index in [2.05, 4.69) is 179 Å². The van der Waals surface area contributed by atoms with Crippen LogP contribution in [0.5, 0.6) is 0 Å². The summed E-state index contributed by atoms with van der Waals surface area (Å²) >= 11 is 0. The standard InChI is InChI=1S/C52H42N2/c1-51(2)46-30-35(22-25-42(46)45-21-10-11-28-52(45,51)3)48-27-24-32-23-26-47(53-50(32)54-48)34-14-12-13-33(29-34)43-31-44-38-17-5-4-15-36(38)37-16-6-8-19-40(37)49(44)41-20-9-7-18-39(41)43/h4-10,12-27,29-31,39,41,45H,11,28H2,1-3H3. The minimum Gasteiger partial charge on any atom is -0.228 e. The summed E-state index contributed by atoms with van der Waals surface area (Å²) in [4.78, 5) is 10.4. The molecule has 0 N–H and O–H groups in total. The molecule has 0 saturated heterocycles. The number of aromatic nitrogens is 2. The van der Waals surface area contributed by atoms with E-state index < -0.39 is 0 Å². The minimum atomic E-state index is 0.0848. The summed E-state index contributed by atoms with van der Waals surface area (Å²) in [5.41, 5.74) is 13.6. The van der Waals surface area contributed by atoms with Crippen LogP contribution in [0.1, 0.15) is 73.3 Å². The van der Waals surface area contributed by atoms with Crippen LogP contribution in [0.25, 0.3) is 66.7 Å². The molecule has 2 heteroatoms. The molecule has 11 rings (SSSR count). The smallest absolute Gasteiger partial charge is 0.160 e. The predicted molar refractivity (Wildman–Crippen MR) is 226 cm³/mol. The van der Waals surface area contributed by atoms with Gasteiger partial charge in [0, 0.05) is 34.3 Å². The van der Waals surface area contributed by atoms with E-state index in [1.54, 1.807) is 0 Å². The summed E-state index contributed by atoms with van der Waals surface area (Å²) < 4.78 is 0. The van der Waals surface area contributed by atoms with Gasteiger partial charge in [-0.05, 0) is 121 Å². The second-order valence-electron chi connectivity index (χ2n) is 16.6. The zero-order chi connectivity index (χ0) is 36.2. The average molecular weight is 695 g/mol. The first kappa shape index (κ1) is 31.6. The Balaban J connectivity index is 0.999. The average Bonchev–Trinajstić information content (AvgIpc) is 3.40. The van der Waals surface area contributed by atoms with Crippen LogP contribution in [0.2, 0.25) is 0 Å². The van der Waals surface area contributed by atoms with Crippen molar-refractivity contribution in [1.82, 2.24) is 9.97 Å². The van der Waals surface area contributed by atoms with Crippen LogP contribution in [-0.2, 0) is 5.41 Å². The maximum absolute atomic E-state index is 5.22. The molecule has 0 bridgehead atoms. The second-order valence-corrected chi connectivity index (χ2v) is 16.6. The monoisotopic (exact) mass is 694 g/mol. The van der Waals surface area contributed by atoms with Gasteiger partial charge in [0.15, 0.2) is 5.65 Å². The summed E-state index contributed by atoms with van der Waals surface area (Å²) in [5, 5.41) is 6.36. The first-order chi connectivity index (χ1) is 26.4. The van der Waals surface area contributed by atoms with Crippen molar-refractivity contribution in [3.63, 3.8) is 0 Å². The first-order valence-electron chi connectivity index (χ1n) is 19.6. The first-order valence-corrected chi connectivity index (χ1v) is 19.6. The molecule has 0 spiro atoms. The van der Waals surface area contributed by atoms with E-state index in [1.807, 2.05) is 0 Å². The van der Waals surface area contributed by atoms with Crippen molar-refractivity contribution in [3.8, 4) is 22.5 Å². The van der Waals surface area contributed by atoms with Crippen molar-refractivity contribution in [2.24, 2.45) is 11.3 Å². The number of fused-ring (bicyclic) bond motifs is 12. The fourth-order valence-electron chi connectivity index (χ4n) is 10.6. The van der Waals surface area contributed by atoms with Crippen molar-refractivity contribution < 1.29 is 0 Å². The highest BCUT2D eigenvalue weighted by Crippen LogP contribution is 2.63. The Morgan fingerprint density at radius 2 is 1.26 bits per heavy atom. The molecule has 260 valence electrons. The zero-order valence-corrected chi connectivity index (χ0v) is 31.1. The Hall–Kier alpha value is -5.86. The third kappa shape index (κ3) is 4.46. The molecule has 54 heavy (non-hydrogen) atoms. The number of hydrogen-bond acceptors (Lipinski definition) is 2. The van der Waals surface area contributed by atoms with Gasteiger partial charge < -0.3 is 0 Å². The Kier molecular flexibility index (Phi) is 6.78. The van der Waals surface area contributed by atoms with Gasteiger partial charge in [-0.2, -0.15) is 0 Å². The number of pyridine rings is 2. The molecule has 2 aromatic heterocycles. The van der Waals surface area contributed by atoms with E-state index in [-0.39, 0.29) is 22.7 Å². The van der Waals surface area contributed by atoms with Crippen molar-refractivity contribution in [2.75, 3.05) is 0 Å². The van der Waals surface area contributed by atoms with Gasteiger partial charge in [-0.15, -0.1) is 0 Å². The van der Waals surface area contributed by atoms with Crippen LogP contribution in [0.15, 0.2) is 152 Å². The molecule has 0 amide bonds. The fraction of sp³-hybridized carbons (Fsp3) is 0.192. The van der Waals surface area contributed by atoms with Gasteiger partial charge >= 0.3 is 0 Å². The normalized spacial score (nSPS) is 23.2. The number of benzene rings is 5. The summed E-state index contributed by atoms with van der Waals surface area (Å²) in [6.07, 6.45) is 18.9. The van der Waals surface area contributed by atoms with Crippen molar-refractivity contribution in [2.45, 2.75) is 50.9 Å². The Bertz CT molecular complexity index is 2850. The Morgan fingerprint density at radius 3 is 2.04 bits per heavy atom. The topological polar surface area (TPSA) is 25.8 Å². The zero-order valence-electron chi connectivity index (χ0n) is 31.1. The van der Waals surface area contributed by atoms with Crippen molar-refractivity contribution in [1.29, 1.82) is 0 Å². The molecule has 0 saturated carbocycles. The summed E-state index contributed by atoms with van der Waals surface area (Å²) in [6, 6.07) is 42.5. The Labute approximate surface area is 317 Å². The van der Waals surface area contributed by atoms with Gasteiger partial charge in [-0.25, -0.2) is 9.97 Å². The van der Waals surface area contributed by atoms with Crippen LogP contribution in [0, 0.1) is 11.3 Å². The van der Waals surface area contributed by atoms with E-state index in [9.17, 15) is 0 Å². The molecule has 4 aliphatic carbocycles. The molecule has 4 atom stereocenters. The summed E-state index contributed by atoms with van der Waals surface area (Å²) in [7, 11) is 0. The van der Waals surface area contributed by atoms with Gasteiger partial charge in [-0.3, -0.25) is 0 Å². The maximum atomic E-state index is 5.22. The van der Waals surface area contributed by atoms with Gasteiger partial charge in [0.2, 0.25) is 0 Å². The van der Waals surface area contributed by atoms with Crippen molar-refractivity contribution >= 4 is 44.2 Å². The number of allylic oxidation sites excluding steroid dienone is 7. The lowest BCUT2D eigenvalue weighted by Crippen LogP contribution is -2.38. The highest BCUT2D eigenvalue weighted by Gasteiger charge is 2.54. The van der Waals surface area contributed by atoms with Gasteiger partial charge in [0.25, 0.3) is 0 Å². The van der Waals surface area contributed by atoms with E-state index >= 15 is 0 Å². The Morgan fingerprint density at radius 1 is 0.593 bits per heavy atom. The number of hydrogen-bond donors (Lipinski definition) is 0. The summed E-state index contributed by atoms with van der Waals surface area (Å²) in [5.74, 6) is 0.985. The molecular formula is C52H42N2. The van der Waals surface area contributed by atoms with E-state index in [4.69, 9.17) is 9.97 Å². The van der Waals surface area contributed by atoms with Crippen molar-refractivity contribution in [3.05, 3.63) is 180 Å². The molecular weight excluding hydrogens is 653 g/mol. The molecule has 0 fully saturated rings. The van der Waals surface area contributed by atoms with E-state index in [0.717, 1.165) is 40.0 Å². The molecule has 0 radical (unpaired) electrons. The third-order valence-corrected chi connectivity index (χ3v) is 13.8. The molecule has 2 nitrogen and oxygen atoms in total. The molecule has 0 aliphatic heterocycles. The molecule has 4 aliphatic rings. The van der Waals surface area contributed by atoms with E-state index in [1.165, 1.54) is 61.4 Å². The molecule has 5 aromatic carbocycles.